The van der Waals surface area contributed by atoms with E-state index >= 15 is 0 Å². The number of benzene rings is 1. The molecule has 2 aromatic rings. The van der Waals surface area contributed by atoms with Crippen molar-refractivity contribution in [2.45, 2.75) is 32.2 Å². The first kappa shape index (κ1) is 19.2. The molecule has 1 fully saturated rings. The fourth-order valence-electron chi connectivity index (χ4n) is 3.92. The fraction of sp³-hybridized carbons (Fsp3) is 0.409. The molecule has 29 heavy (non-hydrogen) atoms. The molecule has 1 saturated heterocycles. The van der Waals surface area contributed by atoms with Gasteiger partial charge in [-0.15, -0.1) is 0 Å². The minimum atomic E-state index is -0.149. The molecule has 4 rings (SSSR count). The summed E-state index contributed by atoms with van der Waals surface area (Å²) >= 11 is 0. The van der Waals surface area contributed by atoms with Gasteiger partial charge in [0.25, 0.3) is 11.8 Å². The van der Waals surface area contributed by atoms with E-state index in [1.165, 1.54) is 0 Å². The number of aryl methyl sites for hydroxylation is 1. The molecule has 7 nitrogen and oxygen atoms in total. The highest BCUT2D eigenvalue weighted by Crippen LogP contribution is 2.25. The first-order valence-electron chi connectivity index (χ1n) is 10.0. The average molecular weight is 395 g/mol. The minimum Gasteiger partial charge on any atom is -0.492 e. The number of piperidine rings is 1. The number of aromatic nitrogens is 1. The molecule has 1 aromatic carbocycles. The number of para-hydroxylation sites is 1. The van der Waals surface area contributed by atoms with Gasteiger partial charge in [-0.05, 0) is 38.3 Å². The van der Waals surface area contributed by atoms with Crippen LogP contribution in [0.3, 0.4) is 0 Å². The van der Waals surface area contributed by atoms with Gasteiger partial charge in [-0.2, -0.15) is 0 Å². The lowest BCUT2D eigenvalue weighted by molar-refractivity contribution is 0.0581. The Bertz CT molecular complexity index is 920. The minimum absolute atomic E-state index is 0.0138. The number of allylic oxidation sites excluding steroid dienone is 1. The van der Waals surface area contributed by atoms with Crippen molar-refractivity contribution in [1.82, 2.24) is 15.4 Å². The monoisotopic (exact) mass is 395 g/mol. The zero-order valence-electron chi connectivity index (χ0n) is 16.5. The number of ether oxygens (including phenoxy) is 1. The molecule has 0 spiro atoms. The van der Waals surface area contributed by atoms with Crippen molar-refractivity contribution in [3.05, 3.63) is 59.5 Å². The summed E-state index contributed by atoms with van der Waals surface area (Å²) in [7, 11) is 0. The molecule has 0 unspecified atom stereocenters. The van der Waals surface area contributed by atoms with Gasteiger partial charge in [0.1, 0.15) is 5.75 Å². The number of amides is 2. The van der Waals surface area contributed by atoms with E-state index in [2.05, 4.69) is 22.6 Å². The number of fused-ring (bicyclic) bond motifs is 2. The number of hydrogen-bond donors (Lipinski definition) is 1. The van der Waals surface area contributed by atoms with Crippen molar-refractivity contribution in [2.24, 2.45) is 5.92 Å². The van der Waals surface area contributed by atoms with Gasteiger partial charge in [0.15, 0.2) is 0 Å². The quantitative estimate of drug-likeness (QED) is 0.751. The molecule has 1 N–H and O–H groups in total. The van der Waals surface area contributed by atoms with E-state index in [-0.39, 0.29) is 29.5 Å². The first-order chi connectivity index (χ1) is 14.1. The van der Waals surface area contributed by atoms with Crippen molar-refractivity contribution in [3.63, 3.8) is 0 Å². The summed E-state index contributed by atoms with van der Waals surface area (Å²) < 4.78 is 10.9. The Labute approximate surface area is 169 Å². The Kier molecular flexibility index (Phi) is 5.64. The predicted octanol–water partition coefficient (Wildman–Crippen LogP) is 2.97. The summed E-state index contributed by atoms with van der Waals surface area (Å²) in [6, 6.07) is 8.96. The number of nitrogens with zero attached hydrogens (tertiary/aromatic N) is 2. The van der Waals surface area contributed by atoms with Gasteiger partial charge >= 0.3 is 0 Å². The van der Waals surface area contributed by atoms with Crippen LogP contribution >= 0.6 is 0 Å². The molecular formula is C22H25N3O4. The highest BCUT2D eigenvalue weighted by molar-refractivity contribution is 5.97. The maximum atomic E-state index is 12.9. The maximum absolute atomic E-state index is 12.9. The molecule has 2 amide bonds. The van der Waals surface area contributed by atoms with E-state index in [0.717, 1.165) is 12.8 Å². The lowest BCUT2D eigenvalue weighted by Gasteiger charge is -2.38. The average Bonchev–Trinajstić information content (AvgIpc) is 3.16. The van der Waals surface area contributed by atoms with E-state index in [4.69, 9.17) is 9.26 Å². The van der Waals surface area contributed by atoms with Gasteiger partial charge in [-0.1, -0.05) is 29.4 Å². The van der Waals surface area contributed by atoms with Crippen LogP contribution in [-0.2, 0) is 0 Å². The smallest absolute Gasteiger partial charge is 0.292 e. The number of hydrogen-bond acceptors (Lipinski definition) is 5. The van der Waals surface area contributed by atoms with Crippen molar-refractivity contribution < 1.29 is 18.8 Å². The van der Waals surface area contributed by atoms with Crippen LogP contribution in [0.5, 0.6) is 5.75 Å². The van der Waals surface area contributed by atoms with E-state index in [9.17, 15) is 9.59 Å². The normalized spacial score (nSPS) is 23.5. The number of nitrogens with one attached hydrogen (secondary N) is 1. The first-order valence-corrected chi connectivity index (χ1v) is 10.0. The Morgan fingerprint density at radius 1 is 1.28 bits per heavy atom. The molecular weight excluding hydrogens is 370 g/mol. The molecule has 7 heteroatoms. The summed E-state index contributed by atoms with van der Waals surface area (Å²) in [5.41, 5.74) is 1.23. The summed E-state index contributed by atoms with van der Waals surface area (Å²) in [6.45, 7) is 3.43. The summed E-state index contributed by atoms with van der Waals surface area (Å²) in [5, 5.41) is 6.98. The van der Waals surface area contributed by atoms with Crippen molar-refractivity contribution >= 4 is 11.8 Å². The van der Waals surface area contributed by atoms with Crippen LogP contribution in [0.1, 0.15) is 45.9 Å². The van der Waals surface area contributed by atoms with Crippen LogP contribution in [0.15, 0.2) is 47.0 Å². The molecule has 2 atom stereocenters. The lowest BCUT2D eigenvalue weighted by atomic mass is 9.88. The molecule has 0 saturated carbocycles. The molecule has 0 bridgehead atoms. The number of rotatable bonds is 1. The summed E-state index contributed by atoms with van der Waals surface area (Å²) in [4.78, 5) is 27.5. The Balaban J connectivity index is 1.52. The van der Waals surface area contributed by atoms with E-state index < -0.39 is 0 Å². The molecule has 0 radical (unpaired) electrons. The molecule has 3 heterocycles. The topological polar surface area (TPSA) is 84.7 Å². The van der Waals surface area contributed by atoms with E-state index in [1.54, 1.807) is 24.0 Å². The zero-order chi connectivity index (χ0) is 20.2. The molecule has 1 aromatic heterocycles. The van der Waals surface area contributed by atoms with Gasteiger partial charge < -0.3 is 19.5 Å². The van der Waals surface area contributed by atoms with Gasteiger partial charge in [0, 0.05) is 31.1 Å². The second kappa shape index (κ2) is 8.51. The van der Waals surface area contributed by atoms with Crippen molar-refractivity contribution in [1.29, 1.82) is 0 Å². The second-order valence-electron chi connectivity index (χ2n) is 7.55. The van der Waals surface area contributed by atoms with Crippen molar-refractivity contribution in [2.75, 3.05) is 19.7 Å². The molecule has 152 valence electrons. The molecule has 2 aliphatic heterocycles. The summed E-state index contributed by atoms with van der Waals surface area (Å²) in [6.07, 6.45) is 6.46. The Hall–Kier alpha value is -3.09. The van der Waals surface area contributed by atoms with Crippen LogP contribution in [0.4, 0.5) is 0 Å². The van der Waals surface area contributed by atoms with Gasteiger partial charge in [-0.3, -0.25) is 9.59 Å². The maximum Gasteiger partial charge on any atom is 0.292 e. The SMILES string of the molecule is Cc1cc(C(=O)N2CC[C@H]3NC(=O)c4ccccc4OCC/C=C/C[C@H]3C2)on1. The zero-order valence-corrected chi connectivity index (χ0v) is 16.5. The molecule has 2 aliphatic rings. The van der Waals surface area contributed by atoms with E-state index in [1.807, 2.05) is 18.2 Å². The third-order valence-corrected chi connectivity index (χ3v) is 5.46. The third kappa shape index (κ3) is 4.34. The largest absolute Gasteiger partial charge is 0.492 e. The molecule has 0 aliphatic carbocycles. The van der Waals surface area contributed by atoms with Crippen LogP contribution in [0, 0.1) is 12.8 Å². The third-order valence-electron chi connectivity index (χ3n) is 5.46. The Morgan fingerprint density at radius 2 is 2.14 bits per heavy atom. The van der Waals surface area contributed by atoms with Gasteiger partial charge in [0.2, 0.25) is 5.76 Å². The number of likely N-dealkylation sites (tertiary alicyclic amines) is 1. The predicted molar refractivity (Wildman–Crippen MR) is 107 cm³/mol. The van der Waals surface area contributed by atoms with Gasteiger partial charge in [-0.25, -0.2) is 0 Å². The van der Waals surface area contributed by atoms with Crippen molar-refractivity contribution in [3.8, 4) is 5.75 Å². The van der Waals surface area contributed by atoms with Crippen LogP contribution in [-0.4, -0.2) is 47.6 Å². The van der Waals surface area contributed by atoms with Crippen LogP contribution in [0.25, 0.3) is 0 Å². The van der Waals surface area contributed by atoms with Crippen LogP contribution in [0.2, 0.25) is 0 Å². The van der Waals surface area contributed by atoms with Crippen LogP contribution < -0.4 is 10.1 Å². The highest BCUT2D eigenvalue weighted by atomic mass is 16.5. The lowest BCUT2D eigenvalue weighted by Crippen LogP contribution is -2.52. The fourth-order valence-corrected chi connectivity index (χ4v) is 3.92. The van der Waals surface area contributed by atoms with E-state index in [0.29, 0.717) is 43.1 Å². The highest BCUT2D eigenvalue weighted by Gasteiger charge is 2.33. The number of carbonyl (C=O) groups excluding carboxylic acids is 2. The summed E-state index contributed by atoms with van der Waals surface area (Å²) in [5.74, 6) is 0.711. The van der Waals surface area contributed by atoms with Gasteiger partial charge in [0.05, 0.1) is 17.9 Å². The second-order valence-corrected chi connectivity index (χ2v) is 7.55. The Morgan fingerprint density at radius 3 is 2.97 bits per heavy atom. The number of carbonyl (C=O) groups is 2. The standard InChI is InChI=1S/C22H25N3O4/c1-15-13-20(29-24-15)22(27)25-11-10-18-16(14-25)7-3-2-6-12-28-19-9-5-4-8-17(19)21(26)23-18/h2-5,8-9,13,16,18H,6-7,10-12,14H2,1H3,(H,23,26)/b3-2+/t16-,18+/m0/s1.